The molecule has 3 heteroatoms. The van der Waals surface area contributed by atoms with Gasteiger partial charge in [0.15, 0.2) is 5.78 Å². The van der Waals surface area contributed by atoms with Crippen LogP contribution in [0.1, 0.15) is 15.9 Å². The summed E-state index contributed by atoms with van der Waals surface area (Å²) < 4.78 is 5.15. The van der Waals surface area contributed by atoms with Gasteiger partial charge in [-0.2, -0.15) is 0 Å². The molecule has 3 aromatic carbocycles. The lowest BCUT2D eigenvalue weighted by molar-refractivity contribution is 0.104. The topological polar surface area (TPSA) is 46.5 Å². The van der Waals surface area contributed by atoms with Crippen molar-refractivity contribution in [3.05, 3.63) is 77.9 Å². The molecule has 0 aliphatic rings. The van der Waals surface area contributed by atoms with Crippen LogP contribution in [0.3, 0.4) is 0 Å². The van der Waals surface area contributed by atoms with Crippen LogP contribution >= 0.6 is 0 Å². The summed E-state index contributed by atoms with van der Waals surface area (Å²) in [7, 11) is 1.47. The van der Waals surface area contributed by atoms with Gasteiger partial charge in [0.25, 0.3) is 0 Å². The van der Waals surface area contributed by atoms with Crippen molar-refractivity contribution in [2.24, 2.45) is 0 Å². The number of hydrogen-bond acceptors (Lipinski definition) is 3. The third kappa shape index (κ3) is 3.09. The van der Waals surface area contributed by atoms with Gasteiger partial charge in [0, 0.05) is 6.07 Å². The quantitative estimate of drug-likeness (QED) is 0.572. The number of aromatic hydroxyl groups is 1. The number of phenolic OH excluding ortho intramolecular Hbond substituents is 1. The number of ether oxygens (including phenoxy) is 1. The molecule has 0 amide bonds. The third-order valence-electron chi connectivity index (χ3n) is 3.69. The van der Waals surface area contributed by atoms with Gasteiger partial charge in [-0.05, 0) is 34.5 Å². The average molecular weight is 304 g/mol. The van der Waals surface area contributed by atoms with Crippen LogP contribution in [0.4, 0.5) is 0 Å². The third-order valence-corrected chi connectivity index (χ3v) is 3.69. The summed E-state index contributed by atoms with van der Waals surface area (Å²) in [4.78, 5) is 12.4. The molecule has 0 atom stereocenters. The maximum Gasteiger partial charge on any atom is 0.189 e. The maximum atomic E-state index is 12.4. The van der Waals surface area contributed by atoms with Crippen molar-refractivity contribution in [2.75, 3.05) is 7.11 Å². The van der Waals surface area contributed by atoms with Gasteiger partial charge in [-0.1, -0.05) is 48.5 Å². The van der Waals surface area contributed by atoms with E-state index in [1.807, 2.05) is 42.5 Å². The Balaban J connectivity index is 1.94. The van der Waals surface area contributed by atoms with E-state index in [2.05, 4.69) is 0 Å². The highest BCUT2D eigenvalue weighted by Crippen LogP contribution is 2.25. The molecule has 0 aliphatic heterocycles. The Morgan fingerprint density at radius 1 is 1.04 bits per heavy atom. The summed E-state index contributed by atoms with van der Waals surface area (Å²) in [5.41, 5.74) is 1.40. The molecular formula is C20H16O3. The first-order valence-corrected chi connectivity index (χ1v) is 7.26. The van der Waals surface area contributed by atoms with Gasteiger partial charge in [0.05, 0.1) is 12.7 Å². The van der Waals surface area contributed by atoms with Crippen LogP contribution in [0.5, 0.6) is 11.5 Å². The molecule has 114 valence electrons. The van der Waals surface area contributed by atoms with Gasteiger partial charge in [0.1, 0.15) is 11.5 Å². The zero-order valence-electron chi connectivity index (χ0n) is 12.7. The smallest absolute Gasteiger partial charge is 0.189 e. The zero-order valence-corrected chi connectivity index (χ0v) is 12.7. The summed E-state index contributed by atoms with van der Waals surface area (Å²) in [6, 6.07) is 18.5. The van der Waals surface area contributed by atoms with Gasteiger partial charge >= 0.3 is 0 Å². The Bertz CT molecular complexity index is 889. The highest BCUT2D eigenvalue weighted by atomic mass is 16.5. The summed E-state index contributed by atoms with van der Waals surface area (Å²) in [5.74, 6) is 0.254. The number of allylic oxidation sites excluding steroid dienone is 1. The lowest BCUT2D eigenvalue weighted by Gasteiger charge is -2.06. The van der Waals surface area contributed by atoms with E-state index >= 15 is 0 Å². The Kier molecular flexibility index (Phi) is 4.11. The van der Waals surface area contributed by atoms with E-state index in [1.54, 1.807) is 12.1 Å². The molecule has 0 aliphatic carbocycles. The standard InChI is InChI=1S/C20H16O3/c1-23-20-13-16(21)10-11-18(20)19(22)12-9-15-7-4-6-14-5-2-3-8-17(14)15/h2-13,21H,1H3/b12-9+. The molecule has 0 bridgehead atoms. The minimum Gasteiger partial charge on any atom is -0.508 e. The summed E-state index contributed by atoms with van der Waals surface area (Å²) in [5, 5.41) is 11.7. The Morgan fingerprint density at radius 2 is 1.83 bits per heavy atom. The number of phenols is 1. The Morgan fingerprint density at radius 3 is 2.65 bits per heavy atom. The van der Waals surface area contributed by atoms with E-state index in [0.29, 0.717) is 11.3 Å². The maximum absolute atomic E-state index is 12.4. The average Bonchev–Trinajstić information content (AvgIpc) is 2.59. The van der Waals surface area contributed by atoms with Gasteiger partial charge < -0.3 is 9.84 Å². The fraction of sp³-hybridized carbons (Fsp3) is 0.0500. The predicted octanol–water partition coefficient (Wildman–Crippen LogP) is 4.45. The summed E-state index contributed by atoms with van der Waals surface area (Å²) in [6.07, 6.45) is 3.33. The van der Waals surface area contributed by atoms with Crippen LogP contribution in [0.15, 0.2) is 66.7 Å². The van der Waals surface area contributed by atoms with E-state index in [0.717, 1.165) is 16.3 Å². The van der Waals surface area contributed by atoms with E-state index in [9.17, 15) is 9.90 Å². The highest BCUT2D eigenvalue weighted by Gasteiger charge is 2.10. The van der Waals surface area contributed by atoms with Crippen LogP contribution < -0.4 is 4.74 Å². The molecule has 0 saturated carbocycles. The number of hydrogen-bond donors (Lipinski definition) is 1. The molecule has 0 unspecified atom stereocenters. The van der Waals surface area contributed by atoms with Crippen molar-refractivity contribution in [1.29, 1.82) is 0 Å². The zero-order chi connectivity index (χ0) is 16.2. The van der Waals surface area contributed by atoms with Crippen LogP contribution in [0.2, 0.25) is 0 Å². The number of carbonyl (C=O) groups excluding carboxylic acids is 1. The number of benzene rings is 3. The molecule has 3 nitrogen and oxygen atoms in total. The number of methoxy groups -OCH3 is 1. The van der Waals surface area contributed by atoms with Crippen LogP contribution in [-0.2, 0) is 0 Å². The SMILES string of the molecule is COc1cc(O)ccc1C(=O)/C=C/c1cccc2ccccc12. The number of rotatable bonds is 4. The van der Waals surface area contributed by atoms with Crippen LogP contribution in [0.25, 0.3) is 16.8 Å². The Labute approximate surface area is 134 Å². The van der Waals surface area contributed by atoms with Gasteiger partial charge in [-0.3, -0.25) is 4.79 Å². The minimum atomic E-state index is -0.171. The first kappa shape index (κ1) is 14.9. The van der Waals surface area contributed by atoms with Crippen molar-refractivity contribution in [1.82, 2.24) is 0 Å². The second-order valence-electron chi connectivity index (χ2n) is 5.15. The van der Waals surface area contributed by atoms with E-state index in [1.165, 1.54) is 25.3 Å². The molecule has 3 aromatic rings. The fourth-order valence-corrected chi connectivity index (χ4v) is 2.53. The molecule has 23 heavy (non-hydrogen) atoms. The highest BCUT2D eigenvalue weighted by molar-refractivity contribution is 6.09. The fourth-order valence-electron chi connectivity index (χ4n) is 2.53. The number of fused-ring (bicyclic) bond motifs is 1. The molecule has 0 heterocycles. The second kappa shape index (κ2) is 6.36. The lowest BCUT2D eigenvalue weighted by atomic mass is 10.0. The molecule has 0 saturated heterocycles. The minimum absolute atomic E-state index is 0.0661. The lowest BCUT2D eigenvalue weighted by Crippen LogP contribution is -1.98. The first-order valence-electron chi connectivity index (χ1n) is 7.26. The van der Waals surface area contributed by atoms with Crippen LogP contribution in [-0.4, -0.2) is 18.0 Å². The van der Waals surface area contributed by atoms with Crippen LogP contribution in [0, 0.1) is 0 Å². The van der Waals surface area contributed by atoms with Crippen molar-refractivity contribution in [2.45, 2.75) is 0 Å². The largest absolute Gasteiger partial charge is 0.508 e. The number of ketones is 1. The van der Waals surface area contributed by atoms with Gasteiger partial charge in [-0.15, -0.1) is 0 Å². The van der Waals surface area contributed by atoms with Crippen molar-refractivity contribution < 1.29 is 14.6 Å². The van der Waals surface area contributed by atoms with Gasteiger partial charge in [-0.25, -0.2) is 0 Å². The number of carbonyl (C=O) groups is 1. The van der Waals surface area contributed by atoms with E-state index in [4.69, 9.17) is 4.74 Å². The van der Waals surface area contributed by atoms with E-state index < -0.39 is 0 Å². The summed E-state index contributed by atoms with van der Waals surface area (Å²) in [6.45, 7) is 0. The van der Waals surface area contributed by atoms with Gasteiger partial charge in [0.2, 0.25) is 0 Å². The normalized spacial score (nSPS) is 11.0. The van der Waals surface area contributed by atoms with E-state index in [-0.39, 0.29) is 11.5 Å². The Hall–Kier alpha value is -3.07. The molecule has 0 fully saturated rings. The van der Waals surface area contributed by atoms with Crippen molar-refractivity contribution >= 4 is 22.6 Å². The first-order chi connectivity index (χ1) is 11.2. The molecule has 3 rings (SSSR count). The predicted molar refractivity (Wildman–Crippen MR) is 92.0 cm³/mol. The molecule has 0 spiro atoms. The van der Waals surface area contributed by atoms with Crippen molar-refractivity contribution in [3.63, 3.8) is 0 Å². The molecular weight excluding hydrogens is 288 g/mol. The molecule has 0 aromatic heterocycles. The summed E-state index contributed by atoms with van der Waals surface area (Å²) >= 11 is 0. The monoisotopic (exact) mass is 304 g/mol. The van der Waals surface area contributed by atoms with Crippen molar-refractivity contribution in [3.8, 4) is 11.5 Å². The second-order valence-corrected chi connectivity index (χ2v) is 5.15. The molecule has 1 N–H and O–H groups in total. The molecule has 0 radical (unpaired) electrons.